The van der Waals surface area contributed by atoms with Gasteiger partial charge in [-0.15, -0.1) is 11.8 Å². The van der Waals surface area contributed by atoms with E-state index in [1.165, 1.54) is 27.2 Å². The SMILES string of the molecule is CCC1=NN2C(=N)C(=Cc3ccc(OCCSc4ccc(C)cc4)cc3)C(=O)N=C2S1. The van der Waals surface area contributed by atoms with Crippen molar-refractivity contribution < 1.29 is 9.53 Å². The number of rotatable bonds is 7. The molecule has 2 aliphatic rings. The number of hydrogen-bond acceptors (Lipinski definition) is 6. The number of hydrazone groups is 1. The van der Waals surface area contributed by atoms with Crippen LogP contribution in [0.25, 0.3) is 6.08 Å². The lowest BCUT2D eigenvalue weighted by Crippen LogP contribution is -2.35. The number of amidine groups is 2. The van der Waals surface area contributed by atoms with Crippen molar-refractivity contribution in [2.45, 2.75) is 25.2 Å². The number of nitrogens with one attached hydrogen (secondary N) is 1. The molecule has 2 aromatic carbocycles. The highest BCUT2D eigenvalue weighted by molar-refractivity contribution is 8.26. The minimum Gasteiger partial charge on any atom is -0.493 e. The number of ether oxygens (including phenoxy) is 1. The normalized spacial score (nSPS) is 17.0. The molecule has 0 atom stereocenters. The Morgan fingerprint density at radius 3 is 2.61 bits per heavy atom. The monoisotopic (exact) mass is 450 g/mol. The van der Waals surface area contributed by atoms with Crippen molar-refractivity contribution in [1.29, 1.82) is 5.41 Å². The van der Waals surface area contributed by atoms with Gasteiger partial charge in [0, 0.05) is 10.6 Å². The lowest BCUT2D eigenvalue weighted by Gasteiger charge is -2.20. The number of carbonyl (C=O) groups excluding carboxylic acids is 1. The van der Waals surface area contributed by atoms with Gasteiger partial charge in [-0.25, -0.2) is 0 Å². The van der Waals surface area contributed by atoms with E-state index in [-0.39, 0.29) is 11.4 Å². The molecule has 0 aliphatic carbocycles. The van der Waals surface area contributed by atoms with Crippen molar-refractivity contribution in [3.63, 3.8) is 0 Å². The van der Waals surface area contributed by atoms with Crippen molar-refractivity contribution >= 4 is 51.6 Å². The van der Waals surface area contributed by atoms with E-state index >= 15 is 0 Å². The molecule has 0 bridgehead atoms. The van der Waals surface area contributed by atoms with E-state index in [1.54, 1.807) is 17.8 Å². The van der Waals surface area contributed by atoms with E-state index in [2.05, 4.69) is 41.3 Å². The van der Waals surface area contributed by atoms with Crippen LogP contribution in [0.15, 0.2) is 69.1 Å². The molecule has 0 radical (unpaired) electrons. The van der Waals surface area contributed by atoms with E-state index in [9.17, 15) is 4.79 Å². The van der Waals surface area contributed by atoms with Gasteiger partial charge in [0.1, 0.15) is 10.8 Å². The Hall–Kier alpha value is -2.84. The Morgan fingerprint density at radius 1 is 1.16 bits per heavy atom. The fraction of sp³-hybridized carbons (Fsp3) is 0.217. The molecule has 0 spiro atoms. The number of benzene rings is 2. The summed E-state index contributed by atoms with van der Waals surface area (Å²) >= 11 is 3.10. The Kier molecular flexibility index (Phi) is 6.58. The molecule has 31 heavy (non-hydrogen) atoms. The molecule has 2 aliphatic heterocycles. The summed E-state index contributed by atoms with van der Waals surface area (Å²) in [4.78, 5) is 17.7. The van der Waals surface area contributed by atoms with Gasteiger partial charge in [-0.1, -0.05) is 36.8 Å². The molecule has 1 N–H and O–H groups in total. The number of hydrogen-bond donors (Lipinski definition) is 1. The average molecular weight is 451 g/mol. The molecular weight excluding hydrogens is 428 g/mol. The topological polar surface area (TPSA) is 78.1 Å². The maximum absolute atomic E-state index is 12.4. The zero-order valence-electron chi connectivity index (χ0n) is 17.3. The minimum atomic E-state index is -0.412. The van der Waals surface area contributed by atoms with E-state index in [0.717, 1.165) is 28.5 Å². The largest absolute Gasteiger partial charge is 0.493 e. The Labute approximate surface area is 190 Å². The summed E-state index contributed by atoms with van der Waals surface area (Å²) in [7, 11) is 0. The standard InChI is InChI=1S/C23H22N4O2S2/c1-3-20-26-27-21(24)19(22(28)25-23(27)31-20)14-16-6-8-17(9-7-16)29-12-13-30-18-10-4-15(2)5-11-18/h4-11,14,24H,3,12-13H2,1-2H3. The van der Waals surface area contributed by atoms with Crippen LogP contribution in [0, 0.1) is 12.3 Å². The average Bonchev–Trinajstić information content (AvgIpc) is 3.20. The van der Waals surface area contributed by atoms with Crippen molar-refractivity contribution in [2.24, 2.45) is 10.1 Å². The van der Waals surface area contributed by atoms with Crippen molar-refractivity contribution in [2.75, 3.05) is 12.4 Å². The number of fused-ring (bicyclic) bond motifs is 1. The van der Waals surface area contributed by atoms with Crippen LogP contribution in [0.2, 0.25) is 0 Å². The Morgan fingerprint density at radius 2 is 1.90 bits per heavy atom. The van der Waals surface area contributed by atoms with E-state index < -0.39 is 5.91 Å². The van der Waals surface area contributed by atoms with E-state index in [1.807, 2.05) is 31.2 Å². The van der Waals surface area contributed by atoms with Crippen LogP contribution in [0.5, 0.6) is 5.75 Å². The molecule has 1 amide bonds. The summed E-state index contributed by atoms with van der Waals surface area (Å²) in [5, 5.41) is 15.5. The molecule has 2 aromatic rings. The first-order valence-corrected chi connectivity index (χ1v) is 11.7. The molecule has 0 unspecified atom stereocenters. The van der Waals surface area contributed by atoms with Crippen molar-refractivity contribution in [3.05, 3.63) is 65.2 Å². The third kappa shape index (κ3) is 5.08. The number of amides is 1. The number of aliphatic imine (C=N–C) groups is 1. The number of aryl methyl sites for hydroxylation is 1. The second-order valence-corrected chi connectivity index (χ2v) is 9.16. The summed E-state index contributed by atoms with van der Waals surface area (Å²) in [6, 6.07) is 15.9. The molecule has 0 saturated heterocycles. The molecule has 6 nitrogen and oxygen atoms in total. The molecule has 158 valence electrons. The predicted octanol–water partition coefficient (Wildman–Crippen LogP) is 5.20. The van der Waals surface area contributed by atoms with Crippen LogP contribution in [0.3, 0.4) is 0 Å². The number of carbonyl (C=O) groups is 1. The molecule has 8 heteroatoms. The third-order valence-electron chi connectivity index (χ3n) is 4.63. The highest BCUT2D eigenvalue weighted by atomic mass is 32.2. The van der Waals surface area contributed by atoms with Gasteiger partial charge in [-0.05, 0) is 61.0 Å². The highest BCUT2D eigenvalue weighted by Gasteiger charge is 2.34. The van der Waals surface area contributed by atoms with Gasteiger partial charge in [0.2, 0.25) is 5.17 Å². The van der Waals surface area contributed by atoms with Crippen molar-refractivity contribution in [1.82, 2.24) is 5.01 Å². The quantitative estimate of drug-likeness (QED) is 0.357. The first-order valence-electron chi connectivity index (χ1n) is 9.95. The predicted molar refractivity (Wildman–Crippen MR) is 129 cm³/mol. The maximum atomic E-state index is 12.4. The van der Waals surface area contributed by atoms with Gasteiger partial charge < -0.3 is 4.74 Å². The molecule has 0 fully saturated rings. The van der Waals surface area contributed by atoms with Gasteiger partial charge in [0.05, 0.1) is 12.2 Å². The van der Waals surface area contributed by atoms with Crippen molar-refractivity contribution in [3.8, 4) is 5.75 Å². The fourth-order valence-corrected chi connectivity index (χ4v) is 4.51. The zero-order valence-corrected chi connectivity index (χ0v) is 18.9. The second-order valence-electron chi connectivity index (χ2n) is 6.95. The van der Waals surface area contributed by atoms with Gasteiger partial charge in [-0.3, -0.25) is 10.2 Å². The Bertz CT molecular complexity index is 1090. The first-order chi connectivity index (χ1) is 15.0. The number of nitrogens with zero attached hydrogens (tertiary/aromatic N) is 3. The summed E-state index contributed by atoms with van der Waals surface area (Å²) < 4.78 is 5.82. The first kappa shape index (κ1) is 21.4. The van der Waals surface area contributed by atoms with Gasteiger partial charge in [0.25, 0.3) is 5.91 Å². The van der Waals surface area contributed by atoms with Gasteiger partial charge in [-0.2, -0.15) is 15.1 Å². The van der Waals surface area contributed by atoms with Gasteiger partial charge in [0.15, 0.2) is 5.84 Å². The molecule has 4 rings (SSSR count). The van der Waals surface area contributed by atoms with Crippen LogP contribution in [0.4, 0.5) is 0 Å². The molecule has 0 saturated carbocycles. The lowest BCUT2D eigenvalue weighted by molar-refractivity contribution is -0.114. The zero-order chi connectivity index (χ0) is 21.8. The van der Waals surface area contributed by atoms with Crippen LogP contribution in [0.1, 0.15) is 24.5 Å². The van der Waals surface area contributed by atoms with Crippen LogP contribution >= 0.6 is 23.5 Å². The molecule has 0 aromatic heterocycles. The Balaban J connectivity index is 1.35. The summed E-state index contributed by atoms with van der Waals surface area (Å²) in [5.41, 5.74) is 2.29. The van der Waals surface area contributed by atoms with Gasteiger partial charge >= 0.3 is 0 Å². The molecular formula is C23H22N4O2S2. The third-order valence-corrected chi connectivity index (χ3v) is 6.66. The van der Waals surface area contributed by atoms with E-state index in [0.29, 0.717) is 11.8 Å². The fourth-order valence-electron chi connectivity index (χ4n) is 2.96. The summed E-state index contributed by atoms with van der Waals surface area (Å²) in [6.07, 6.45) is 2.41. The molecule has 2 heterocycles. The summed E-state index contributed by atoms with van der Waals surface area (Å²) in [6.45, 7) is 4.66. The second kappa shape index (κ2) is 9.53. The van der Waals surface area contributed by atoms with Crippen LogP contribution in [-0.4, -0.2) is 39.3 Å². The minimum absolute atomic E-state index is 0.0550. The van der Waals surface area contributed by atoms with E-state index in [4.69, 9.17) is 10.1 Å². The van der Waals surface area contributed by atoms with Crippen LogP contribution in [-0.2, 0) is 4.79 Å². The maximum Gasteiger partial charge on any atom is 0.283 e. The smallest absolute Gasteiger partial charge is 0.283 e. The van der Waals surface area contributed by atoms with Crippen LogP contribution < -0.4 is 4.74 Å². The number of thioether (sulfide) groups is 2. The highest BCUT2D eigenvalue weighted by Crippen LogP contribution is 2.29. The summed E-state index contributed by atoms with van der Waals surface area (Å²) in [5.74, 6) is 1.27. The lowest BCUT2D eigenvalue weighted by atomic mass is 10.1.